The SMILES string of the molecule is CCOP(=O)(O)c1ccc2c(c1)c(C(C)=O)cn2CC(=O)N1C[C@H](F)C[C@H]1C(=O)NCc1cccc(C)c1F. The van der Waals surface area contributed by atoms with Crippen LogP contribution in [-0.2, 0) is 31.8 Å². The molecule has 2 heterocycles. The summed E-state index contributed by atoms with van der Waals surface area (Å²) < 4.78 is 47.7. The lowest BCUT2D eigenvalue weighted by molar-refractivity contribution is -0.139. The summed E-state index contributed by atoms with van der Waals surface area (Å²) in [7, 11) is -4.10. The van der Waals surface area contributed by atoms with E-state index in [4.69, 9.17) is 4.52 Å². The Hall–Kier alpha value is -3.40. The van der Waals surface area contributed by atoms with Gasteiger partial charge in [-0.15, -0.1) is 0 Å². The molecule has 4 rings (SSSR count). The normalized spacial score (nSPS) is 18.8. The molecule has 39 heavy (non-hydrogen) atoms. The predicted molar refractivity (Wildman–Crippen MR) is 141 cm³/mol. The molecular formula is C27H30F2N3O6P. The van der Waals surface area contributed by atoms with Gasteiger partial charge in [-0.3, -0.25) is 18.9 Å². The van der Waals surface area contributed by atoms with Crippen LogP contribution in [0.4, 0.5) is 8.78 Å². The number of hydrogen-bond donors (Lipinski definition) is 2. The van der Waals surface area contributed by atoms with Gasteiger partial charge in [0.1, 0.15) is 24.6 Å². The number of aryl methyl sites for hydroxylation is 1. The average Bonchev–Trinajstić information content (AvgIpc) is 3.45. The standard InChI is InChI=1S/C27H30F2N3O6P/c1-4-38-39(36,37)20-8-9-23-21(11-20)22(17(3)33)14-31(23)15-25(34)32-13-19(28)10-24(32)27(35)30-12-18-7-5-6-16(2)26(18)29/h5-9,11,14,19,24H,4,10,12-13,15H2,1-3H3,(H,30,35)(H,36,37)/t19-,24+/m1/s1. The summed E-state index contributed by atoms with van der Waals surface area (Å²) >= 11 is 0. The van der Waals surface area contributed by atoms with Crippen LogP contribution in [-0.4, -0.2) is 57.3 Å². The number of likely N-dealkylation sites (tertiary alicyclic amines) is 1. The first kappa shape index (κ1) is 28.6. The van der Waals surface area contributed by atoms with Crippen molar-refractivity contribution in [2.45, 2.75) is 52.5 Å². The van der Waals surface area contributed by atoms with Crippen LogP contribution in [0.1, 0.15) is 41.8 Å². The summed E-state index contributed by atoms with van der Waals surface area (Å²) in [6.07, 6.45) is -0.142. The van der Waals surface area contributed by atoms with E-state index in [-0.39, 0.29) is 54.9 Å². The van der Waals surface area contributed by atoms with Crippen molar-refractivity contribution in [3.05, 3.63) is 65.1 Å². The Balaban J connectivity index is 1.56. The molecule has 1 unspecified atom stereocenters. The van der Waals surface area contributed by atoms with Gasteiger partial charge in [-0.2, -0.15) is 0 Å². The Bertz CT molecular complexity index is 1490. The maximum atomic E-state index is 14.4. The van der Waals surface area contributed by atoms with Gasteiger partial charge in [-0.1, -0.05) is 18.2 Å². The Labute approximate surface area is 224 Å². The van der Waals surface area contributed by atoms with Crippen LogP contribution in [0.2, 0.25) is 0 Å². The summed E-state index contributed by atoms with van der Waals surface area (Å²) in [6.45, 7) is 3.86. The van der Waals surface area contributed by atoms with Gasteiger partial charge in [0, 0.05) is 41.2 Å². The molecule has 2 N–H and O–H groups in total. The van der Waals surface area contributed by atoms with Crippen LogP contribution in [0.3, 0.4) is 0 Å². The first-order chi connectivity index (χ1) is 18.4. The molecule has 2 amide bonds. The fourth-order valence-corrected chi connectivity index (χ4v) is 5.87. The van der Waals surface area contributed by atoms with Gasteiger partial charge in [-0.05, 0) is 44.5 Å². The number of nitrogens with zero attached hydrogens (tertiary/aromatic N) is 2. The molecule has 12 heteroatoms. The second-order valence-corrected chi connectivity index (χ2v) is 11.3. The van der Waals surface area contributed by atoms with Gasteiger partial charge in [0.05, 0.1) is 18.5 Å². The molecule has 1 aliphatic rings. The fourth-order valence-electron chi connectivity index (χ4n) is 4.81. The highest BCUT2D eigenvalue weighted by Crippen LogP contribution is 2.41. The number of Topliss-reactive ketones (excluding diaryl/α,β-unsaturated/α-hetero) is 1. The molecule has 0 bridgehead atoms. The molecule has 3 atom stereocenters. The van der Waals surface area contributed by atoms with Crippen molar-refractivity contribution >= 4 is 41.4 Å². The van der Waals surface area contributed by atoms with Crippen molar-refractivity contribution in [3.63, 3.8) is 0 Å². The molecule has 1 aromatic heterocycles. The smallest absolute Gasteiger partial charge is 0.350 e. The highest BCUT2D eigenvalue weighted by Gasteiger charge is 2.40. The number of hydrogen-bond acceptors (Lipinski definition) is 5. The first-order valence-electron chi connectivity index (χ1n) is 12.5. The lowest BCUT2D eigenvalue weighted by Crippen LogP contribution is -2.46. The Morgan fingerprint density at radius 1 is 1.23 bits per heavy atom. The zero-order chi connectivity index (χ0) is 28.5. The molecule has 9 nitrogen and oxygen atoms in total. The van der Waals surface area contributed by atoms with E-state index < -0.39 is 37.4 Å². The van der Waals surface area contributed by atoms with E-state index in [2.05, 4.69) is 5.32 Å². The average molecular weight is 562 g/mol. The number of carbonyl (C=O) groups is 3. The van der Waals surface area contributed by atoms with E-state index in [1.54, 1.807) is 26.0 Å². The van der Waals surface area contributed by atoms with E-state index in [1.165, 1.54) is 42.0 Å². The minimum Gasteiger partial charge on any atom is -0.350 e. The third kappa shape index (κ3) is 5.95. The third-order valence-corrected chi connectivity index (χ3v) is 8.32. The molecule has 3 aromatic rings. The number of amides is 2. The van der Waals surface area contributed by atoms with Crippen LogP contribution in [0.15, 0.2) is 42.6 Å². The van der Waals surface area contributed by atoms with Gasteiger partial charge >= 0.3 is 7.60 Å². The second-order valence-electron chi connectivity index (χ2n) is 9.53. The summed E-state index contributed by atoms with van der Waals surface area (Å²) in [6, 6.07) is 8.02. The molecule has 0 saturated carbocycles. The summed E-state index contributed by atoms with van der Waals surface area (Å²) in [5.41, 5.74) is 1.39. The number of carbonyl (C=O) groups excluding carboxylic acids is 3. The lowest BCUT2D eigenvalue weighted by atomic mass is 10.1. The van der Waals surface area contributed by atoms with Crippen molar-refractivity contribution < 1.29 is 37.1 Å². The quantitative estimate of drug-likeness (QED) is 0.306. The topological polar surface area (TPSA) is 118 Å². The van der Waals surface area contributed by atoms with Gasteiger partial charge in [0.25, 0.3) is 0 Å². The second kappa shape index (κ2) is 11.4. The van der Waals surface area contributed by atoms with Crippen LogP contribution < -0.4 is 10.6 Å². The van der Waals surface area contributed by atoms with Gasteiger partial charge in [0.2, 0.25) is 11.8 Å². The largest absolute Gasteiger partial charge is 0.358 e. The third-order valence-electron chi connectivity index (χ3n) is 6.78. The van der Waals surface area contributed by atoms with Crippen molar-refractivity contribution in [2.75, 3.05) is 13.2 Å². The summed E-state index contributed by atoms with van der Waals surface area (Å²) in [4.78, 5) is 49.9. The van der Waals surface area contributed by atoms with Crippen molar-refractivity contribution in [2.24, 2.45) is 0 Å². The van der Waals surface area contributed by atoms with Gasteiger partial charge in [-0.25, -0.2) is 8.78 Å². The zero-order valence-corrected chi connectivity index (χ0v) is 22.7. The number of rotatable bonds is 9. The van der Waals surface area contributed by atoms with Crippen LogP contribution in [0.25, 0.3) is 10.9 Å². The molecule has 1 saturated heterocycles. The maximum absolute atomic E-state index is 14.4. The number of benzene rings is 2. The molecule has 208 valence electrons. The maximum Gasteiger partial charge on any atom is 0.358 e. The summed E-state index contributed by atoms with van der Waals surface area (Å²) in [5, 5.41) is 2.97. The van der Waals surface area contributed by atoms with Crippen LogP contribution >= 0.6 is 7.60 Å². The molecule has 2 aromatic carbocycles. The number of fused-ring (bicyclic) bond motifs is 1. The number of nitrogens with one attached hydrogen (secondary N) is 1. The van der Waals surface area contributed by atoms with Crippen molar-refractivity contribution in [1.82, 2.24) is 14.8 Å². The van der Waals surface area contributed by atoms with Crippen LogP contribution in [0, 0.1) is 12.7 Å². The number of alkyl halides is 1. The highest BCUT2D eigenvalue weighted by molar-refractivity contribution is 7.61. The monoisotopic (exact) mass is 561 g/mol. The van der Waals surface area contributed by atoms with Gasteiger partial charge in [0.15, 0.2) is 5.78 Å². The van der Waals surface area contributed by atoms with Gasteiger partial charge < -0.3 is 24.2 Å². The first-order valence-corrected chi connectivity index (χ1v) is 14.1. The lowest BCUT2D eigenvalue weighted by Gasteiger charge is -2.24. The zero-order valence-electron chi connectivity index (χ0n) is 21.8. The molecule has 1 aliphatic heterocycles. The van der Waals surface area contributed by atoms with Crippen molar-refractivity contribution in [3.8, 4) is 0 Å². The van der Waals surface area contributed by atoms with Crippen molar-refractivity contribution in [1.29, 1.82) is 0 Å². The molecular weight excluding hydrogens is 531 g/mol. The Morgan fingerprint density at radius 2 is 1.97 bits per heavy atom. The molecule has 0 radical (unpaired) electrons. The highest BCUT2D eigenvalue weighted by atomic mass is 31.2. The van der Waals surface area contributed by atoms with E-state index in [0.29, 0.717) is 16.5 Å². The Kier molecular flexibility index (Phi) is 8.34. The predicted octanol–water partition coefficient (Wildman–Crippen LogP) is 3.39. The molecule has 0 spiro atoms. The fraction of sp³-hybridized carbons (Fsp3) is 0.370. The Morgan fingerprint density at radius 3 is 2.67 bits per heavy atom. The minimum atomic E-state index is -4.10. The van der Waals surface area contributed by atoms with E-state index >= 15 is 0 Å². The van der Waals surface area contributed by atoms with Crippen LogP contribution in [0.5, 0.6) is 0 Å². The molecule has 1 fully saturated rings. The number of halogens is 2. The van der Waals surface area contributed by atoms with E-state index in [0.717, 1.165) is 4.90 Å². The minimum absolute atomic E-state index is 0.00465. The van der Waals surface area contributed by atoms with E-state index in [1.807, 2.05) is 0 Å². The van der Waals surface area contributed by atoms with E-state index in [9.17, 15) is 32.6 Å². The summed E-state index contributed by atoms with van der Waals surface area (Å²) in [5.74, 6) is -1.90. The molecule has 0 aliphatic carbocycles. The number of aromatic nitrogens is 1. The number of ketones is 1.